The third-order valence-corrected chi connectivity index (χ3v) is 6.05. The second kappa shape index (κ2) is 6.80. The molecular weight excluding hydrogens is 345 g/mol. The van der Waals surface area contributed by atoms with E-state index >= 15 is 0 Å². The van der Waals surface area contributed by atoms with Crippen LogP contribution in [-0.4, -0.2) is 35.0 Å². The number of carboxylic acid groups (broad SMARTS) is 1. The molecule has 0 bridgehead atoms. The smallest absolute Gasteiger partial charge is 0.314 e. The number of carbonyl (C=O) groups excluding carboxylic acids is 1. The second-order valence-electron chi connectivity index (χ2n) is 7.58. The molecule has 4 rings (SSSR count). The number of halogens is 1. The van der Waals surface area contributed by atoms with Crippen LogP contribution in [0.15, 0.2) is 54.6 Å². The third kappa shape index (κ3) is 3.22. The minimum absolute atomic E-state index is 0.0660. The van der Waals surface area contributed by atoms with E-state index in [1.54, 1.807) is 11.0 Å². The quantitative estimate of drug-likeness (QED) is 0.899. The highest BCUT2D eigenvalue weighted by Crippen LogP contribution is 2.49. The summed E-state index contributed by atoms with van der Waals surface area (Å²) in [5.41, 5.74) is 0.743. The first-order valence-electron chi connectivity index (χ1n) is 9.34. The highest BCUT2D eigenvalue weighted by molar-refractivity contribution is 5.85. The first-order valence-corrected chi connectivity index (χ1v) is 9.34. The van der Waals surface area contributed by atoms with Crippen molar-refractivity contribution in [2.45, 2.75) is 30.6 Å². The number of likely N-dealkylation sites (tertiary alicyclic amines) is 1. The Morgan fingerprint density at radius 1 is 1.04 bits per heavy atom. The number of piperidine rings is 1. The molecule has 1 saturated carbocycles. The van der Waals surface area contributed by atoms with Gasteiger partial charge in [-0.1, -0.05) is 42.5 Å². The molecule has 27 heavy (non-hydrogen) atoms. The maximum absolute atomic E-state index is 13.4. The number of rotatable bonds is 4. The average molecular weight is 367 g/mol. The van der Waals surface area contributed by atoms with Crippen molar-refractivity contribution >= 4 is 11.9 Å². The Bertz CT molecular complexity index is 859. The zero-order chi connectivity index (χ0) is 19.0. The molecule has 0 unspecified atom stereocenters. The van der Waals surface area contributed by atoms with E-state index in [0.29, 0.717) is 25.9 Å². The fourth-order valence-corrected chi connectivity index (χ4v) is 4.30. The van der Waals surface area contributed by atoms with Crippen molar-refractivity contribution in [2.75, 3.05) is 13.1 Å². The van der Waals surface area contributed by atoms with Gasteiger partial charge in [-0.05, 0) is 48.4 Å². The molecule has 2 aromatic carbocycles. The molecule has 0 aromatic heterocycles. The maximum Gasteiger partial charge on any atom is 0.314 e. The SMILES string of the molecule is O=C([C@H]1C[C@H]1c1cccc(F)c1)N1CCC(C(=O)O)(c2ccccc2)CC1. The molecule has 2 atom stereocenters. The van der Waals surface area contributed by atoms with Gasteiger partial charge in [0.15, 0.2) is 0 Å². The number of amides is 1. The Hall–Kier alpha value is -2.69. The van der Waals surface area contributed by atoms with Crippen LogP contribution < -0.4 is 0 Å². The van der Waals surface area contributed by atoms with E-state index in [2.05, 4.69) is 0 Å². The summed E-state index contributed by atoms with van der Waals surface area (Å²) in [5.74, 6) is -1.08. The number of hydrogen-bond donors (Lipinski definition) is 1. The molecule has 1 aliphatic carbocycles. The predicted molar refractivity (Wildman–Crippen MR) is 98.8 cm³/mol. The van der Waals surface area contributed by atoms with Gasteiger partial charge in [-0.3, -0.25) is 9.59 Å². The second-order valence-corrected chi connectivity index (χ2v) is 7.58. The van der Waals surface area contributed by atoms with Gasteiger partial charge in [0.1, 0.15) is 5.82 Å². The Balaban J connectivity index is 1.43. The Morgan fingerprint density at radius 3 is 2.37 bits per heavy atom. The fraction of sp³-hybridized carbons (Fsp3) is 0.364. The molecule has 0 radical (unpaired) electrons. The molecule has 1 aliphatic heterocycles. The zero-order valence-corrected chi connectivity index (χ0v) is 15.0. The predicted octanol–water partition coefficient (Wildman–Crippen LogP) is 3.57. The van der Waals surface area contributed by atoms with E-state index < -0.39 is 11.4 Å². The van der Waals surface area contributed by atoms with Crippen LogP contribution in [0.2, 0.25) is 0 Å². The standard InChI is InChI=1S/C22H22FNO3/c23-17-8-4-5-15(13-17)18-14-19(18)20(25)24-11-9-22(10-12-24,21(26)27)16-6-2-1-3-7-16/h1-8,13,18-19H,9-12,14H2,(H,26,27)/t18-,19-/m0/s1. The van der Waals surface area contributed by atoms with Crippen molar-refractivity contribution in [3.63, 3.8) is 0 Å². The van der Waals surface area contributed by atoms with Gasteiger partial charge >= 0.3 is 5.97 Å². The van der Waals surface area contributed by atoms with Crippen molar-refractivity contribution in [2.24, 2.45) is 5.92 Å². The monoisotopic (exact) mass is 367 g/mol. The Morgan fingerprint density at radius 2 is 1.74 bits per heavy atom. The lowest BCUT2D eigenvalue weighted by Crippen LogP contribution is -2.49. The first kappa shape index (κ1) is 17.7. The Kier molecular flexibility index (Phi) is 4.46. The van der Waals surface area contributed by atoms with E-state index in [0.717, 1.165) is 17.5 Å². The van der Waals surface area contributed by atoms with E-state index in [-0.39, 0.29) is 23.6 Å². The summed E-state index contributed by atoms with van der Waals surface area (Å²) in [6.45, 7) is 0.874. The number of hydrogen-bond acceptors (Lipinski definition) is 2. The third-order valence-electron chi connectivity index (χ3n) is 6.05. The molecule has 2 aliphatic rings. The Labute approximate surface area is 157 Å². The first-order chi connectivity index (χ1) is 13.0. The van der Waals surface area contributed by atoms with Crippen LogP contribution in [0, 0.1) is 11.7 Å². The molecule has 0 spiro atoms. The zero-order valence-electron chi connectivity index (χ0n) is 15.0. The van der Waals surface area contributed by atoms with Crippen LogP contribution in [0.3, 0.4) is 0 Å². The van der Waals surface area contributed by atoms with Gasteiger partial charge in [0.2, 0.25) is 5.91 Å². The molecule has 2 aromatic rings. The van der Waals surface area contributed by atoms with Crippen LogP contribution in [0.25, 0.3) is 0 Å². The normalized spacial score (nSPS) is 23.7. The van der Waals surface area contributed by atoms with Gasteiger partial charge in [0.05, 0.1) is 5.41 Å². The maximum atomic E-state index is 13.4. The van der Waals surface area contributed by atoms with Gasteiger partial charge < -0.3 is 10.0 Å². The van der Waals surface area contributed by atoms with E-state index in [9.17, 15) is 19.1 Å². The lowest BCUT2D eigenvalue weighted by atomic mass is 9.73. The summed E-state index contributed by atoms with van der Waals surface area (Å²) in [6, 6.07) is 15.7. The van der Waals surface area contributed by atoms with Crippen molar-refractivity contribution in [3.8, 4) is 0 Å². The molecule has 140 valence electrons. The molecule has 5 heteroatoms. The lowest BCUT2D eigenvalue weighted by Gasteiger charge is -2.39. The summed E-state index contributed by atoms with van der Waals surface area (Å²) >= 11 is 0. The number of carboxylic acids is 1. The highest BCUT2D eigenvalue weighted by atomic mass is 19.1. The molecule has 1 heterocycles. The topological polar surface area (TPSA) is 57.6 Å². The van der Waals surface area contributed by atoms with E-state index in [1.165, 1.54) is 12.1 Å². The van der Waals surface area contributed by atoms with Crippen molar-refractivity contribution in [1.82, 2.24) is 4.90 Å². The molecule has 2 fully saturated rings. The van der Waals surface area contributed by atoms with Gasteiger partial charge in [0.25, 0.3) is 0 Å². The van der Waals surface area contributed by atoms with Crippen molar-refractivity contribution < 1.29 is 19.1 Å². The van der Waals surface area contributed by atoms with Crippen LogP contribution >= 0.6 is 0 Å². The minimum Gasteiger partial charge on any atom is -0.481 e. The number of benzene rings is 2. The summed E-state index contributed by atoms with van der Waals surface area (Å²) < 4.78 is 13.4. The van der Waals surface area contributed by atoms with Crippen LogP contribution in [0.1, 0.15) is 36.3 Å². The van der Waals surface area contributed by atoms with E-state index in [4.69, 9.17) is 0 Å². The summed E-state index contributed by atoms with van der Waals surface area (Å²) in [5, 5.41) is 9.87. The van der Waals surface area contributed by atoms with Gasteiger partial charge in [-0.15, -0.1) is 0 Å². The average Bonchev–Trinajstić information content (AvgIpc) is 3.49. The van der Waals surface area contributed by atoms with E-state index in [1.807, 2.05) is 36.4 Å². The lowest BCUT2D eigenvalue weighted by molar-refractivity contribution is -0.148. The molecule has 1 saturated heterocycles. The number of nitrogens with zero attached hydrogens (tertiary/aromatic N) is 1. The van der Waals surface area contributed by atoms with Crippen LogP contribution in [0.4, 0.5) is 4.39 Å². The van der Waals surface area contributed by atoms with Crippen LogP contribution in [0.5, 0.6) is 0 Å². The largest absolute Gasteiger partial charge is 0.481 e. The molecular formula is C22H22FNO3. The van der Waals surface area contributed by atoms with Crippen molar-refractivity contribution in [3.05, 3.63) is 71.5 Å². The summed E-state index contributed by atoms with van der Waals surface area (Å²) in [6.07, 6.45) is 1.56. The molecule has 4 nitrogen and oxygen atoms in total. The van der Waals surface area contributed by atoms with Crippen LogP contribution in [-0.2, 0) is 15.0 Å². The van der Waals surface area contributed by atoms with Gasteiger partial charge in [0, 0.05) is 19.0 Å². The number of carbonyl (C=O) groups is 2. The summed E-state index contributed by atoms with van der Waals surface area (Å²) in [4.78, 5) is 26.6. The van der Waals surface area contributed by atoms with Gasteiger partial charge in [-0.25, -0.2) is 4.39 Å². The summed E-state index contributed by atoms with van der Waals surface area (Å²) in [7, 11) is 0. The number of aliphatic carboxylic acids is 1. The molecule has 1 amide bonds. The molecule has 1 N–H and O–H groups in total. The van der Waals surface area contributed by atoms with Gasteiger partial charge in [-0.2, -0.15) is 0 Å². The fourth-order valence-electron chi connectivity index (χ4n) is 4.30. The van der Waals surface area contributed by atoms with Crippen molar-refractivity contribution in [1.29, 1.82) is 0 Å². The minimum atomic E-state index is -0.927. The highest BCUT2D eigenvalue weighted by Gasteiger charge is 2.49.